The van der Waals surface area contributed by atoms with Crippen LogP contribution in [-0.4, -0.2) is 37.2 Å². The van der Waals surface area contributed by atoms with Crippen molar-refractivity contribution in [2.24, 2.45) is 0 Å². The lowest BCUT2D eigenvalue weighted by molar-refractivity contribution is -0.167. The predicted molar refractivity (Wildman–Crippen MR) is 261 cm³/mol. The van der Waals surface area contributed by atoms with Gasteiger partial charge in [0.05, 0.1) is 0 Å². The Kier molecular flexibility index (Phi) is 48.8. The molecule has 0 spiro atoms. The molecule has 0 saturated carbocycles. The van der Waals surface area contributed by atoms with Gasteiger partial charge in [0.25, 0.3) is 0 Å². The molecule has 0 saturated heterocycles. The topological polar surface area (TPSA) is 78.9 Å². The molecule has 61 heavy (non-hydrogen) atoms. The molecule has 0 heterocycles. The number of esters is 3. The Morgan fingerprint density at radius 3 is 0.918 bits per heavy atom. The lowest BCUT2D eigenvalue weighted by Gasteiger charge is -2.18. The van der Waals surface area contributed by atoms with Crippen molar-refractivity contribution in [2.45, 2.75) is 297 Å². The van der Waals surface area contributed by atoms with Crippen LogP contribution in [-0.2, 0) is 28.6 Å². The van der Waals surface area contributed by atoms with Crippen LogP contribution >= 0.6 is 0 Å². The van der Waals surface area contributed by atoms with Crippen molar-refractivity contribution in [1.29, 1.82) is 0 Å². The van der Waals surface area contributed by atoms with Crippen molar-refractivity contribution in [3.05, 3.63) is 24.3 Å². The fraction of sp³-hybridized carbons (Fsp3) is 0.873. The Hall–Kier alpha value is -2.11. The summed E-state index contributed by atoms with van der Waals surface area (Å²) < 4.78 is 16.8. The molecule has 0 N–H and O–H groups in total. The number of unbranched alkanes of at least 4 members (excludes halogenated alkanes) is 34. The third-order valence-electron chi connectivity index (χ3n) is 12.0. The van der Waals surface area contributed by atoms with Crippen molar-refractivity contribution in [3.8, 4) is 0 Å². The second-order valence-electron chi connectivity index (χ2n) is 18.2. The number of rotatable bonds is 49. The average molecular weight is 859 g/mol. The van der Waals surface area contributed by atoms with Crippen molar-refractivity contribution in [1.82, 2.24) is 0 Å². The summed E-state index contributed by atoms with van der Waals surface area (Å²) in [6, 6.07) is 0. The number of carbonyl (C=O) groups excluding carboxylic acids is 3. The summed E-state index contributed by atoms with van der Waals surface area (Å²) in [5, 5.41) is 0. The van der Waals surface area contributed by atoms with Crippen LogP contribution in [0.4, 0.5) is 0 Å². The lowest BCUT2D eigenvalue weighted by Crippen LogP contribution is -2.30. The first kappa shape index (κ1) is 58.9. The van der Waals surface area contributed by atoms with Gasteiger partial charge in [0.1, 0.15) is 13.2 Å². The normalized spacial score (nSPS) is 12.1. The highest BCUT2D eigenvalue weighted by Gasteiger charge is 2.19. The zero-order valence-electron chi connectivity index (χ0n) is 40.9. The molecule has 0 bridgehead atoms. The van der Waals surface area contributed by atoms with Crippen molar-refractivity contribution < 1.29 is 28.6 Å². The van der Waals surface area contributed by atoms with E-state index in [4.69, 9.17) is 14.2 Å². The Morgan fingerprint density at radius 1 is 0.328 bits per heavy atom. The molecule has 0 aliphatic carbocycles. The first-order chi connectivity index (χ1) is 30.0. The van der Waals surface area contributed by atoms with E-state index < -0.39 is 6.10 Å². The lowest BCUT2D eigenvalue weighted by atomic mass is 10.0. The molecule has 0 aromatic rings. The van der Waals surface area contributed by atoms with E-state index in [9.17, 15) is 14.4 Å². The summed E-state index contributed by atoms with van der Waals surface area (Å²) >= 11 is 0. The molecule has 0 rings (SSSR count). The standard InChI is InChI=1S/C55H102O6/c1-4-7-10-13-16-19-21-23-25-27-28-30-31-33-36-39-42-45-48-54(57)60-51-52(50-59-53(56)47-44-41-38-35-18-15-12-9-6-3)61-55(58)49-46-43-40-37-34-32-29-26-24-22-20-17-14-11-8-5-2/h20,22,26,29,52H,4-19,21,23-25,27-28,30-51H2,1-3H3/b22-20-,29-26-. The maximum atomic E-state index is 12.8. The van der Waals surface area contributed by atoms with E-state index >= 15 is 0 Å². The molecule has 1 atom stereocenters. The molecule has 0 aliphatic heterocycles. The number of allylic oxidation sites excluding steroid dienone is 4. The largest absolute Gasteiger partial charge is 0.462 e. The molecule has 0 aliphatic rings. The van der Waals surface area contributed by atoms with Crippen LogP contribution in [0.1, 0.15) is 290 Å². The van der Waals surface area contributed by atoms with Gasteiger partial charge in [0, 0.05) is 19.3 Å². The fourth-order valence-corrected chi connectivity index (χ4v) is 7.89. The molecule has 6 heteroatoms. The van der Waals surface area contributed by atoms with Gasteiger partial charge in [0.2, 0.25) is 0 Å². The smallest absolute Gasteiger partial charge is 0.306 e. The minimum absolute atomic E-state index is 0.0722. The second kappa shape index (κ2) is 50.5. The van der Waals surface area contributed by atoms with E-state index in [1.54, 1.807) is 0 Å². The first-order valence-corrected chi connectivity index (χ1v) is 26.8. The molecule has 0 aromatic carbocycles. The molecular weight excluding hydrogens is 757 g/mol. The Labute approximate surface area is 379 Å². The van der Waals surface area contributed by atoms with Crippen LogP contribution in [0.2, 0.25) is 0 Å². The molecule has 0 radical (unpaired) electrons. The van der Waals surface area contributed by atoms with Crippen LogP contribution in [0.15, 0.2) is 24.3 Å². The van der Waals surface area contributed by atoms with Crippen LogP contribution in [0, 0.1) is 0 Å². The van der Waals surface area contributed by atoms with Crippen molar-refractivity contribution in [2.75, 3.05) is 13.2 Å². The summed E-state index contributed by atoms with van der Waals surface area (Å²) in [5.41, 5.74) is 0. The van der Waals surface area contributed by atoms with Crippen LogP contribution < -0.4 is 0 Å². The molecule has 6 nitrogen and oxygen atoms in total. The average Bonchev–Trinajstić information content (AvgIpc) is 3.26. The van der Waals surface area contributed by atoms with E-state index in [2.05, 4.69) is 45.1 Å². The monoisotopic (exact) mass is 859 g/mol. The summed E-state index contributed by atoms with van der Waals surface area (Å²) in [6.45, 7) is 6.63. The molecular formula is C55H102O6. The number of hydrogen-bond acceptors (Lipinski definition) is 6. The number of hydrogen-bond donors (Lipinski definition) is 0. The zero-order chi connectivity index (χ0) is 44.4. The minimum Gasteiger partial charge on any atom is -0.462 e. The molecule has 0 aromatic heterocycles. The fourth-order valence-electron chi connectivity index (χ4n) is 7.89. The van der Waals surface area contributed by atoms with Crippen LogP contribution in [0.3, 0.4) is 0 Å². The van der Waals surface area contributed by atoms with E-state index in [0.717, 1.165) is 77.0 Å². The maximum Gasteiger partial charge on any atom is 0.306 e. The summed E-state index contributed by atoms with van der Waals surface area (Å²) in [7, 11) is 0. The summed E-state index contributed by atoms with van der Waals surface area (Å²) in [5.74, 6) is -0.873. The van der Waals surface area contributed by atoms with Gasteiger partial charge in [-0.2, -0.15) is 0 Å². The predicted octanol–water partition coefficient (Wildman–Crippen LogP) is 17.5. The second-order valence-corrected chi connectivity index (χ2v) is 18.2. The maximum absolute atomic E-state index is 12.8. The van der Waals surface area contributed by atoms with E-state index in [-0.39, 0.29) is 31.1 Å². The minimum atomic E-state index is -0.772. The van der Waals surface area contributed by atoms with Crippen molar-refractivity contribution >= 4 is 17.9 Å². The highest BCUT2D eigenvalue weighted by molar-refractivity contribution is 5.71. The Balaban J connectivity index is 4.28. The summed E-state index contributed by atoms with van der Waals surface area (Å²) in [6.07, 6.45) is 57.4. The molecule has 1 unspecified atom stereocenters. The Morgan fingerprint density at radius 2 is 0.590 bits per heavy atom. The first-order valence-electron chi connectivity index (χ1n) is 26.8. The van der Waals surface area contributed by atoms with Gasteiger partial charge in [-0.05, 0) is 51.4 Å². The van der Waals surface area contributed by atoms with E-state index in [0.29, 0.717) is 19.3 Å². The van der Waals surface area contributed by atoms with Gasteiger partial charge in [-0.15, -0.1) is 0 Å². The molecule has 0 fully saturated rings. The molecule has 0 amide bonds. The number of ether oxygens (including phenoxy) is 3. The van der Waals surface area contributed by atoms with Crippen LogP contribution in [0.25, 0.3) is 0 Å². The van der Waals surface area contributed by atoms with Gasteiger partial charge in [0.15, 0.2) is 6.10 Å². The third kappa shape index (κ3) is 48.8. The van der Waals surface area contributed by atoms with Gasteiger partial charge >= 0.3 is 17.9 Å². The quantitative estimate of drug-likeness (QED) is 0.0262. The SMILES string of the molecule is CCCCCC/C=C\C/C=C\CCCCCCCC(=O)OC(COC(=O)CCCCCCCCCCC)COC(=O)CCCCCCCCCCCCCCCCCCCC. The highest BCUT2D eigenvalue weighted by atomic mass is 16.6. The van der Waals surface area contributed by atoms with Crippen LogP contribution in [0.5, 0.6) is 0 Å². The third-order valence-corrected chi connectivity index (χ3v) is 12.0. The van der Waals surface area contributed by atoms with Gasteiger partial charge in [-0.25, -0.2) is 0 Å². The van der Waals surface area contributed by atoms with Gasteiger partial charge in [-0.1, -0.05) is 244 Å². The van der Waals surface area contributed by atoms with Gasteiger partial charge < -0.3 is 14.2 Å². The highest BCUT2D eigenvalue weighted by Crippen LogP contribution is 2.16. The zero-order valence-corrected chi connectivity index (χ0v) is 40.9. The van der Waals surface area contributed by atoms with Gasteiger partial charge in [-0.3, -0.25) is 14.4 Å². The van der Waals surface area contributed by atoms with E-state index in [1.165, 1.54) is 173 Å². The number of carbonyl (C=O) groups is 3. The van der Waals surface area contributed by atoms with Crippen molar-refractivity contribution in [3.63, 3.8) is 0 Å². The van der Waals surface area contributed by atoms with E-state index in [1.807, 2.05) is 0 Å². The summed E-state index contributed by atoms with van der Waals surface area (Å²) in [4.78, 5) is 37.9. The molecule has 358 valence electrons. The Bertz CT molecular complexity index is 989.